The molecule has 2 amide bonds. The van der Waals surface area contributed by atoms with Crippen molar-refractivity contribution in [3.05, 3.63) is 80.2 Å². The Labute approximate surface area is 198 Å². The van der Waals surface area contributed by atoms with Crippen molar-refractivity contribution < 1.29 is 9.59 Å². The van der Waals surface area contributed by atoms with Crippen LogP contribution in [0.5, 0.6) is 0 Å². The van der Waals surface area contributed by atoms with Crippen LogP contribution in [0.4, 0.5) is 0 Å². The predicted molar refractivity (Wildman–Crippen MR) is 132 cm³/mol. The van der Waals surface area contributed by atoms with Crippen molar-refractivity contribution in [1.82, 2.24) is 10.2 Å². The van der Waals surface area contributed by atoms with Gasteiger partial charge in [0.25, 0.3) is 0 Å². The van der Waals surface area contributed by atoms with E-state index < -0.39 is 6.04 Å². The summed E-state index contributed by atoms with van der Waals surface area (Å²) in [4.78, 5) is 31.1. The maximum Gasteiger partial charge on any atom is 0.247 e. The standard InChI is InChI=1S/C26H30N2O2S2/c1-2-19-11-13-20(14-12-19)25(26(30)27-21-7-3-4-8-21)28(18-23-10-6-16-32-23)24(29)17-22-9-5-15-31-22/h5-6,9-16,21,25H,2-4,7-8,17-18H2,1H3,(H,27,30). The van der Waals surface area contributed by atoms with E-state index in [-0.39, 0.29) is 17.9 Å². The van der Waals surface area contributed by atoms with Gasteiger partial charge in [-0.1, -0.05) is 56.2 Å². The van der Waals surface area contributed by atoms with Gasteiger partial charge in [-0.2, -0.15) is 0 Å². The molecule has 168 valence electrons. The third-order valence-electron chi connectivity index (χ3n) is 6.10. The van der Waals surface area contributed by atoms with Gasteiger partial charge in [-0.3, -0.25) is 9.59 Å². The molecule has 4 rings (SSSR count). The topological polar surface area (TPSA) is 49.4 Å². The number of nitrogens with one attached hydrogen (secondary N) is 1. The summed E-state index contributed by atoms with van der Waals surface area (Å²) >= 11 is 3.20. The minimum Gasteiger partial charge on any atom is -0.351 e. The van der Waals surface area contributed by atoms with E-state index >= 15 is 0 Å². The van der Waals surface area contributed by atoms with E-state index in [9.17, 15) is 9.59 Å². The molecule has 2 heterocycles. The molecule has 1 fully saturated rings. The predicted octanol–water partition coefficient (Wildman–Crippen LogP) is 5.74. The summed E-state index contributed by atoms with van der Waals surface area (Å²) in [6.07, 6.45) is 5.58. The summed E-state index contributed by atoms with van der Waals surface area (Å²) in [5.41, 5.74) is 2.09. The average molecular weight is 467 g/mol. The summed E-state index contributed by atoms with van der Waals surface area (Å²) in [7, 11) is 0. The second kappa shape index (κ2) is 10.9. The van der Waals surface area contributed by atoms with E-state index in [4.69, 9.17) is 0 Å². The number of benzene rings is 1. The Morgan fingerprint density at radius 1 is 1.00 bits per heavy atom. The first-order valence-electron chi connectivity index (χ1n) is 11.4. The third kappa shape index (κ3) is 5.67. The van der Waals surface area contributed by atoms with Gasteiger partial charge in [-0.15, -0.1) is 22.7 Å². The fraction of sp³-hybridized carbons (Fsp3) is 0.385. The second-order valence-corrected chi connectivity index (χ2v) is 10.4. The highest BCUT2D eigenvalue weighted by atomic mass is 32.1. The molecule has 0 aliphatic heterocycles. The summed E-state index contributed by atoms with van der Waals surface area (Å²) < 4.78 is 0. The fourth-order valence-electron chi connectivity index (χ4n) is 4.32. The number of rotatable bonds is 9. The van der Waals surface area contributed by atoms with E-state index in [0.717, 1.165) is 47.4 Å². The number of thiophene rings is 2. The molecule has 0 radical (unpaired) electrons. The van der Waals surface area contributed by atoms with Gasteiger partial charge in [-0.25, -0.2) is 0 Å². The average Bonchev–Trinajstić information content (AvgIpc) is 3.58. The van der Waals surface area contributed by atoms with Crippen molar-refractivity contribution in [3.8, 4) is 0 Å². The lowest BCUT2D eigenvalue weighted by Crippen LogP contribution is -2.46. The molecule has 3 aromatic rings. The van der Waals surface area contributed by atoms with Gasteiger partial charge < -0.3 is 10.2 Å². The van der Waals surface area contributed by atoms with Gasteiger partial charge in [-0.05, 0) is 53.3 Å². The molecule has 1 atom stereocenters. The highest BCUT2D eigenvalue weighted by Crippen LogP contribution is 2.28. The Morgan fingerprint density at radius 2 is 1.66 bits per heavy atom. The zero-order chi connectivity index (χ0) is 22.3. The molecule has 32 heavy (non-hydrogen) atoms. The van der Waals surface area contributed by atoms with E-state index in [0.29, 0.717) is 13.0 Å². The molecule has 1 N–H and O–H groups in total. The van der Waals surface area contributed by atoms with Crippen LogP contribution in [-0.2, 0) is 29.0 Å². The van der Waals surface area contributed by atoms with Crippen molar-refractivity contribution in [2.24, 2.45) is 0 Å². The Hall–Kier alpha value is -2.44. The van der Waals surface area contributed by atoms with Gasteiger partial charge in [0.1, 0.15) is 6.04 Å². The van der Waals surface area contributed by atoms with Crippen LogP contribution in [0.3, 0.4) is 0 Å². The van der Waals surface area contributed by atoms with Crippen LogP contribution in [0.15, 0.2) is 59.3 Å². The normalized spacial score (nSPS) is 14.9. The lowest BCUT2D eigenvalue weighted by atomic mass is 10.0. The number of carbonyl (C=O) groups excluding carboxylic acids is 2. The summed E-state index contributed by atoms with van der Waals surface area (Å²) in [6, 6.07) is 15.7. The molecule has 1 aliphatic rings. The smallest absolute Gasteiger partial charge is 0.247 e. The number of hydrogen-bond donors (Lipinski definition) is 1. The Morgan fingerprint density at radius 3 is 2.25 bits per heavy atom. The molecule has 6 heteroatoms. The molecule has 0 spiro atoms. The Kier molecular flexibility index (Phi) is 7.76. The second-order valence-electron chi connectivity index (χ2n) is 8.34. The lowest BCUT2D eigenvalue weighted by molar-refractivity contribution is -0.141. The molecular formula is C26H30N2O2S2. The molecule has 1 aliphatic carbocycles. The molecular weight excluding hydrogens is 436 g/mol. The highest BCUT2D eigenvalue weighted by molar-refractivity contribution is 7.10. The first kappa shape index (κ1) is 22.7. The van der Waals surface area contributed by atoms with Crippen LogP contribution in [-0.4, -0.2) is 22.8 Å². The summed E-state index contributed by atoms with van der Waals surface area (Å²) in [6.45, 7) is 2.55. The van der Waals surface area contributed by atoms with Crippen molar-refractivity contribution in [1.29, 1.82) is 0 Å². The number of carbonyl (C=O) groups is 2. The molecule has 4 nitrogen and oxygen atoms in total. The van der Waals surface area contributed by atoms with Crippen LogP contribution in [0.25, 0.3) is 0 Å². The Balaban J connectivity index is 1.67. The van der Waals surface area contributed by atoms with Crippen molar-refractivity contribution >= 4 is 34.5 Å². The minimum atomic E-state index is -0.643. The van der Waals surface area contributed by atoms with Crippen LogP contribution >= 0.6 is 22.7 Å². The van der Waals surface area contributed by atoms with E-state index in [2.05, 4.69) is 24.4 Å². The number of hydrogen-bond acceptors (Lipinski definition) is 4. The number of nitrogens with zero attached hydrogens (tertiary/aromatic N) is 1. The molecule has 0 bridgehead atoms. The van der Waals surface area contributed by atoms with E-state index in [1.54, 1.807) is 27.6 Å². The molecule has 0 saturated heterocycles. The van der Waals surface area contributed by atoms with Gasteiger partial charge >= 0.3 is 0 Å². The quantitative estimate of drug-likeness (QED) is 0.437. The molecule has 1 unspecified atom stereocenters. The maximum absolute atomic E-state index is 13.6. The number of aryl methyl sites for hydroxylation is 1. The minimum absolute atomic E-state index is 0.0213. The summed E-state index contributed by atoms with van der Waals surface area (Å²) in [5.74, 6) is -0.0933. The molecule has 2 aromatic heterocycles. The zero-order valence-corrected chi connectivity index (χ0v) is 20.1. The van der Waals surface area contributed by atoms with Crippen LogP contribution in [0.1, 0.15) is 59.5 Å². The fourth-order valence-corrected chi connectivity index (χ4v) is 5.71. The zero-order valence-electron chi connectivity index (χ0n) is 18.5. The Bertz CT molecular complexity index is 991. The van der Waals surface area contributed by atoms with Crippen molar-refractivity contribution in [2.75, 3.05) is 0 Å². The van der Waals surface area contributed by atoms with Gasteiger partial charge in [0.2, 0.25) is 11.8 Å². The van der Waals surface area contributed by atoms with Crippen LogP contribution in [0, 0.1) is 0 Å². The van der Waals surface area contributed by atoms with E-state index in [1.807, 2.05) is 47.2 Å². The lowest BCUT2D eigenvalue weighted by Gasteiger charge is -2.32. The first-order valence-corrected chi connectivity index (χ1v) is 13.1. The maximum atomic E-state index is 13.6. The van der Waals surface area contributed by atoms with Gasteiger partial charge in [0.05, 0.1) is 13.0 Å². The summed E-state index contributed by atoms with van der Waals surface area (Å²) in [5, 5.41) is 7.25. The van der Waals surface area contributed by atoms with Crippen molar-refractivity contribution in [3.63, 3.8) is 0 Å². The monoisotopic (exact) mass is 466 g/mol. The van der Waals surface area contributed by atoms with Gasteiger partial charge in [0, 0.05) is 15.8 Å². The van der Waals surface area contributed by atoms with Crippen LogP contribution in [0.2, 0.25) is 0 Å². The third-order valence-corrected chi connectivity index (χ3v) is 7.84. The SMILES string of the molecule is CCc1ccc(C(C(=O)NC2CCCC2)N(Cc2cccs2)C(=O)Cc2cccs2)cc1. The number of amides is 2. The van der Waals surface area contributed by atoms with Crippen LogP contribution < -0.4 is 5.32 Å². The molecule has 1 aromatic carbocycles. The largest absolute Gasteiger partial charge is 0.351 e. The van der Waals surface area contributed by atoms with E-state index in [1.165, 1.54) is 5.56 Å². The molecule has 1 saturated carbocycles. The van der Waals surface area contributed by atoms with Crippen molar-refractivity contribution in [2.45, 2.75) is 64.1 Å². The van der Waals surface area contributed by atoms with Gasteiger partial charge in [0.15, 0.2) is 0 Å². The first-order chi connectivity index (χ1) is 15.6. The highest BCUT2D eigenvalue weighted by Gasteiger charge is 2.33.